The molecule has 1 aliphatic heterocycles. The zero-order valence-electron chi connectivity index (χ0n) is 12.7. The van der Waals surface area contributed by atoms with E-state index >= 15 is 0 Å². The predicted molar refractivity (Wildman–Crippen MR) is 84.2 cm³/mol. The van der Waals surface area contributed by atoms with Gasteiger partial charge in [-0.3, -0.25) is 0 Å². The molecule has 2 heterocycles. The van der Waals surface area contributed by atoms with Crippen LogP contribution >= 0.6 is 0 Å². The molecule has 1 saturated heterocycles. The molecule has 0 amide bonds. The second-order valence-electron chi connectivity index (χ2n) is 6.79. The highest BCUT2D eigenvalue weighted by atomic mass is 19.1. The molecule has 0 unspecified atom stereocenters. The van der Waals surface area contributed by atoms with Crippen molar-refractivity contribution < 1.29 is 4.39 Å². The van der Waals surface area contributed by atoms with Crippen LogP contribution in [0, 0.1) is 5.82 Å². The Kier molecular flexibility index (Phi) is 3.26. The lowest BCUT2D eigenvalue weighted by Gasteiger charge is -2.27. The SMILES string of the molecule is CN1CCC[C@@H]1Cc1c(C2CCC2)[nH]c2cccc(F)c12. The molecular weight excluding hydrogens is 263 g/mol. The van der Waals surface area contributed by atoms with Crippen LogP contribution in [0.2, 0.25) is 0 Å². The fourth-order valence-corrected chi connectivity index (χ4v) is 4.02. The molecule has 1 aliphatic carbocycles. The Hall–Kier alpha value is -1.35. The molecule has 1 aromatic heterocycles. The number of likely N-dealkylation sites (N-methyl/N-ethyl adjacent to an activating group) is 1. The number of H-pyrrole nitrogens is 1. The van der Waals surface area contributed by atoms with Gasteiger partial charge in [-0.2, -0.15) is 0 Å². The van der Waals surface area contributed by atoms with Crippen molar-refractivity contribution in [1.82, 2.24) is 9.88 Å². The molecule has 0 radical (unpaired) electrons. The standard InChI is InChI=1S/C18H23FN2/c1-21-10-4-7-13(21)11-14-17-15(19)8-3-9-16(17)20-18(14)12-5-2-6-12/h3,8-9,12-13,20H,2,4-7,10-11H2,1H3/t13-/m1/s1. The summed E-state index contributed by atoms with van der Waals surface area (Å²) in [6, 6.07) is 6.00. The molecular formula is C18H23FN2. The van der Waals surface area contributed by atoms with Crippen molar-refractivity contribution in [3.05, 3.63) is 35.3 Å². The average Bonchev–Trinajstić information content (AvgIpc) is 2.95. The maximum Gasteiger partial charge on any atom is 0.132 e. The number of nitrogens with zero attached hydrogens (tertiary/aromatic N) is 1. The third-order valence-corrected chi connectivity index (χ3v) is 5.53. The minimum atomic E-state index is -0.0648. The number of halogens is 1. The summed E-state index contributed by atoms with van der Waals surface area (Å²) in [4.78, 5) is 5.97. The van der Waals surface area contributed by atoms with Crippen molar-refractivity contribution in [3.63, 3.8) is 0 Å². The lowest BCUT2D eigenvalue weighted by molar-refractivity contribution is 0.307. The molecule has 1 N–H and O–H groups in total. The third-order valence-electron chi connectivity index (χ3n) is 5.53. The topological polar surface area (TPSA) is 19.0 Å². The predicted octanol–water partition coefficient (Wildman–Crippen LogP) is 4.21. The monoisotopic (exact) mass is 286 g/mol. The summed E-state index contributed by atoms with van der Waals surface area (Å²) in [6.07, 6.45) is 7.31. The van der Waals surface area contributed by atoms with Crippen LogP contribution in [0.5, 0.6) is 0 Å². The van der Waals surface area contributed by atoms with Gasteiger partial charge in [0.2, 0.25) is 0 Å². The van der Waals surface area contributed by atoms with E-state index in [-0.39, 0.29) is 5.82 Å². The van der Waals surface area contributed by atoms with Crippen molar-refractivity contribution in [3.8, 4) is 0 Å². The normalized spacial score (nSPS) is 23.8. The van der Waals surface area contributed by atoms with Crippen LogP contribution in [0.4, 0.5) is 4.39 Å². The smallest absolute Gasteiger partial charge is 0.132 e. The summed E-state index contributed by atoms with van der Waals surface area (Å²) in [5, 5.41) is 0.847. The van der Waals surface area contributed by atoms with Crippen molar-refractivity contribution >= 4 is 10.9 Å². The molecule has 2 fully saturated rings. The molecule has 0 spiro atoms. The Balaban J connectivity index is 1.79. The van der Waals surface area contributed by atoms with Crippen molar-refractivity contribution in [1.29, 1.82) is 0 Å². The molecule has 2 nitrogen and oxygen atoms in total. The van der Waals surface area contributed by atoms with E-state index in [2.05, 4.69) is 16.9 Å². The van der Waals surface area contributed by atoms with Gasteiger partial charge in [0.25, 0.3) is 0 Å². The highest BCUT2D eigenvalue weighted by Crippen LogP contribution is 2.41. The number of aromatic amines is 1. The molecule has 112 valence electrons. The Morgan fingerprint density at radius 2 is 2.10 bits per heavy atom. The van der Waals surface area contributed by atoms with E-state index in [0.29, 0.717) is 12.0 Å². The first kappa shape index (κ1) is 13.3. The van der Waals surface area contributed by atoms with Gasteiger partial charge in [0.05, 0.1) is 0 Å². The molecule has 21 heavy (non-hydrogen) atoms. The molecule has 4 rings (SSSR count). The summed E-state index contributed by atoms with van der Waals surface area (Å²) in [6.45, 7) is 1.17. The molecule has 2 aromatic rings. The number of rotatable bonds is 3. The number of nitrogens with one attached hydrogen (secondary N) is 1. The zero-order chi connectivity index (χ0) is 14.4. The largest absolute Gasteiger partial charge is 0.358 e. The number of hydrogen-bond donors (Lipinski definition) is 1. The fraction of sp³-hybridized carbons (Fsp3) is 0.556. The van der Waals surface area contributed by atoms with E-state index in [1.807, 2.05) is 12.1 Å². The number of hydrogen-bond acceptors (Lipinski definition) is 1. The summed E-state index contributed by atoms with van der Waals surface area (Å²) >= 11 is 0. The van der Waals surface area contributed by atoms with Gasteiger partial charge < -0.3 is 9.88 Å². The van der Waals surface area contributed by atoms with Crippen LogP contribution in [0.1, 0.15) is 49.3 Å². The molecule has 1 aromatic carbocycles. The second kappa shape index (κ2) is 5.13. The Bertz CT molecular complexity index is 657. The average molecular weight is 286 g/mol. The summed E-state index contributed by atoms with van der Waals surface area (Å²) in [7, 11) is 2.20. The van der Waals surface area contributed by atoms with E-state index in [1.165, 1.54) is 49.9 Å². The molecule has 0 bridgehead atoms. The second-order valence-corrected chi connectivity index (χ2v) is 6.79. The summed E-state index contributed by atoms with van der Waals surface area (Å²) in [5.74, 6) is 0.559. The van der Waals surface area contributed by atoms with Gasteiger partial charge in [-0.25, -0.2) is 4.39 Å². The third kappa shape index (κ3) is 2.18. The quantitative estimate of drug-likeness (QED) is 0.895. The van der Waals surface area contributed by atoms with Crippen LogP contribution in [0.15, 0.2) is 18.2 Å². The van der Waals surface area contributed by atoms with Crippen molar-refractivity contribution in [2.45, 2.75) is 50.5 Å². The van der Waals surface area contributed by atoms with Gasteiger partial charge in [-0.1, -0.05) is 12.5 Å². The molecule has 1 saturated carbocycles. The van der Waals surface area contributed by atoms with Gasteiger partial charge in [-0.05, 0) is 69.3 Å². The van der Waals surface area contributed by atoms with E-state index in [1.54, 1.807) is 6.07 Å². The van der Waals surface area contributed by atoms with E-state index in [0.717, 1.165) is 17.3 Å². The van der Waals surface area contributed by atoms with Crippen LogP contribution < -0.4 is 0 Å². The lowest BCUT2D eigenvalue weighted by Crippen LogP contribution is -2.27. The first-order chi connectivity index (χ1) is 10.2. The Morgan fingerprint density at radius 1 is 1.24 bits per heavy atom. The number of benzene rings is 1. The summed E-state index contributed by atoms with van der Waals surface area (Å²) in [5.41, 5.74) is 3.56. The molecule has 2 aliphatic rings. The van der Waals surface area contributed by atoms with Gasteiger partial charge >= 0.3 is 0 Å². The van der Waals surface area contributed by atoms with E-state index < -0.39 is 0 Å². The highest BCUT2D eigenvalue weighted by Gasteiger charge is 2.29. The minimum Gasteiger partial charge on any atom is -0.358 e. The zero-order valence-corrected chi connectivity index (χ0v) is 12.7. The number of fused-ring (bicyclic) bond motifs is 1. The minimum absolute atomic E-state index is 0.0648. The lowest BCUT2D eigenvalue weighted by atomic mass is 9.80. The summed E-state index contributed by atoms with van der Waals surface area (Å²) < 4.78 is 14.4. The van der Waals surface area contributed by atoms with Gasteiger partial charge in [0.15, 0.2) is 0 Å². The van der Waals surface area contributed by atoms with E-state index in [4.69, 9.17) is 0 Å². The maximum absolute atomic E-state index is 14.4. The Morgan fingerprint density at radius 3 is 2.76 bits per heavy atom. The van der Waals surface area contributed by atoms with Crippen molar-refractivity contribution in [2.24, 2.45) is 0 Å². The highest BCUT2D eigenvalue weighted by molar-refractivity contribution is 5.85. The molecule has 1 atom stereocenters. The van der Waals surface area contributed by atoms with Crippen LogP contribution in [-0.2, 0) is 6.42 Å². The fourth-order valence-electron chi connectivity index (χ4n) is 4.02. The Labute approximate surface area is 125 Å². The van der Waals surface area contributed by atoms with Crippen LogP contribution in [-0.4, -0.2) is 29.5 Å². The van der Waals surface area contributed by atoms with Crippen LogP contribution in [0.25, 0.3) is 10.9 Å². The number of aromatic nitrogens is 1. The van der Waals surface area contributed by atoms with Gasteiger partial charge in [0.1, 0.15) is 5.82 Å². The first-order valence-electron chi connectivity index (χ1n) is 8.23. The number of likely N-dealkylation sites (tertiary alicyclic amines) is 1. The van der Waals surface area contributed by atoms with E-state index in [9.17, 15) is 4.39 Å². The van der Waals surface area contributed by atoms with Gasteiger partial charge in [0, 0.05) is 22.6 Å². The first-order valence-corrected chi connectivity index (χ1v) is 8.23. The molecule has 3 heteroatoms. The van der Waals surface area contributed by atoms with Crippen LogP contribution in [0.3, 0.4) is 0 Å². The van der Waals surface area contributed by atoms with Crippen molar-refractivity contribution in [2.75, 3.05) is 13.6 Å². The maximum atomic E-state index is 14.4. The van der Waals surface area contributed by atoms with Gasteiger partial charge in [-0.15, -0.1) is 0 Å².